The Morgan fingerprint density at radius 2 is 1.88 bits per heavy atom. The lowest BCUT2D eigenvalue weighted by atomic mass is 10.1. The number of thioether (sulfide) groups is 1. The predicted octanol–water partition coefficient (Wildman–Crippen LogP) is 5.75. The average Bonchev–Trinajstić information content (AvgIpc) is 3.19. The van der Waals surface area contributed by atoms with Crippen molar-refractivity contribution < 1.29 is 14.3 Å². The summed E-state index contributed by atoms with van der Waals surface area (Å²) in [4.78, 5) is 12.3. The minimum Gasteiger partial charge on any atom is -0.493 e. The van der Waals surface area contributed by atoms with Crippen molar-refractivity contribution in [3.63, 3.8) is 0 Å². The van der Waals surface area contributed by atoms with Crippen LogP contribution < -0.4 is 14.8 Å². The molecular formula is C25H21Cl2N3O3S. The second kappa shape index (κ2) is 11.4. The van der Waals surface area contributed by atoms with E-state index in [0.29, 0.717) is 39.7 Å². The van der Waals surface area contributed by atoms with Gasteiger partial charge < -0.3 is 14.8 Å². The molecule has 3 aromatic rings. The van der Waals surface area contributed by atoms with Crippen LogP contribution in [0.5, 0.6) is 11.5 Å². The highest BCUT2D eigenvalue weighted by Crippen LogP contribution is 2.29. The maximum Gasteiger partial charge on any atom is 0.239 e. The fourth-order valence-electron chi connectivity index (χ4n) is 3.25. The van der Waals surface area contributed by atoms with Crippen molar-refractivity contribution in [3.05, 3.63) is 93.5 Å². The van der Waals surface area contributed by atoms with Gasteiger partial charge in [-0.2, -0.15) is 5.10 Å². The van der Waals surface area contributed by atoms with E-state index in [-0.39, 0.29) is 11.2 Å². The number of carbonyl (C=O) groups excluding carboxylic acids is 1. The van der Waals surface area contributed by atoms with Crippen LogP contribution in [0.3, 0.4) is 0 Å². The Hall–Kier alpha value is -3.00. The molecule has 0 spiro atoms. The number of ether oxygens (including phenoxy) is 2. The Bertz CT molecular complexity index is 1240. The molecule has 6 nitrogen and oxygen atoms in total. The van der Waals surface area contributed by atoms with E-state index in [4.69, 9.17) is 32.7 Å². The van der Waals surface area contributed by atoms with Gasteiger partial charge in [0.2, 0.25) is 5.91 Å². The molecule has 0 aliphatic carbocycles. The van der Waals surface area contributed by atoms with E-state index in [9.17, 15) is 4.79 Å². The van der Waals surface area contributed by atoms with Crippen molar-refractivity contribution in [3.8, 4) is 11.5 Å². The van der Waals surface area contributed by atoms with E-state index in [1.54, 1.807) is 31.5 Å². The van der Waals surface area contributed by atoms with Crippen molar-refractivity contribution >= 4 is 52.3 Å². The third-order valence-corrected chi connectivity index (χ3v) is 6.65. The summed E-state index contributed by atoms with van der Waals surface area (Å²) in [5.74, 6) is 1.09. The molecule has 1 heterocycles. The van der Waals surface area contributed by atoms with Gasteiger partial charge in [-0.3, -0.25) is 4.79 Å². The molecule has 174 valence electrons. The van der Waals surface area contributed by atoms with Crippen LogP contribution in [0.15, 0.2) is 76.9 Å². The fourth-order valence-corrected chi connectivity index (χ4v) is 4.59. The van der Waals surface area contributed by atoms with Crippen molar-refractivity contribution in [1.29, 1.82) is 0 Å². The van der Waals surface area contributed by atoms with Crippen LogP contribution in [0.2, 0.25) is 10.0 Å². The number of methoxy groups -OCH3 is 1. The summed E-state index contributed by atoms with van der Waals surface area (Å²) in [5.41, 5.74) is 2.66. The number of rotatable bonds is 8. The third-order valence-electron chi connectivity index (χ3n) is 4.97. The molecule has 34 heavy (non-hydrogen) atoms. The number of hydrogen-bond donors (Lipinski definition) is 1. The number of carbonyl (C=O) groups is 1. The number of nitrogens with zero attached hydrogens (tertiary/aromatic N) is 2. The zero-order valence-corrected chi connectivity index (χ0v) is 20.5. The molecule has 1 saturated heterocycles. The van der Waals surface area contributed by atoms with Gasteiger partial charge in [-0.1, -0.05) is 65.3 Å². The highest BCUT2D eigenvalue weighted by molar-refractivity contribution is 8.15. The monoisotopic (exact) mass is 513 g/mol. The van der Waals surface area contributed by atoms with Gasteiger partial charge in [0.1, 0.15) is 6.61 Å². The van der Waals surface area contributed by atoms with E-state index in [2.05, 4.69) is 15.5 Å². The highest BCUT2D eigenvalue weighted by atomic mass is 35.5. The molecule has 1 aliphatic heterocycles. The number of nitrogens with one attached hydrogen (secondary N) is 1. The van der Waals surface area contributed by atoms with Crippen molar-refractivity contribution in [2.45, 2.75) is 18.3 Å². The highest BCUT2D eigenvalue weighted by Gasteiger charge is 2.31. The van der Waals surface area contributed by atoms with Crippen molar-refractivity contribution in [2.75, 3.05) is 7.11 Å². The maximum atomic E-state index is 12.3. The number of hydrogen-bond acceptors (Lipinski definition) is 6. The normalized spacial score (nSPS) is 16.7. The van der Waals surface area contributed by atoms with E-state index in [0.717, 1.165) is 16.7 Å². The summed E-state index contributed by atoms with van der Waals surface area (Å²) in [5, 5.41) is 12.2. The second-order valence-corrected chi connectivity index (χ2v) is 9.40. The van der Waals surface area contributed by atoms with E-state index in [1.165, 1.54) is 11.8 Å². The zero-order valence-electron chi connectivity index (χ0n) is 18.2. The first kappa shape index (κ1) is 24.1. The lowest BCUT2D eigenvalue weighted by Gasteiger charge is -2.11. The summed E-state index contributed by atoms with van der Waals surface area (Å²) in [7, 11) is 1.59. The summed E-state index contributed by atoms with van der Waals surface area (Å²) < 4.78 is 11.3. The molecule has 1 atom stereocenters. The Morgan fingerprint density at radius 3 is 2.68 bits per heavy atom. The van der Waals surface area contributed by atoms with Gasteiger partial charge in [0.05, 0.1) is 18.6 Å². The summed E-state index contributed by atoms with van der Waals surface area (Å²) in [6, 6.07) is 20.6. The summed E-state index contributed by atoms with van der Waals surface area (Å²) in [6.45, 7) is 0.441. The second-order valence-electron chi connectivity index (χ2n) is 7.37. The first-order valence-electron chi connectivity index (χ1n) is 10.4. The van der Waals surface area contributed by atoms with Crippen LogP contribution in [-0.2, 0) is 17.8 Å². The average molecular weight is 514 g/mol. The molecule has 1 fully saturated rings. The number of benzene rings is 3. The van der Waals surface area contributed by atoms with Crippen LogP contribution >= 0.6 is 35.0 Å². The quantitative estimate of drug-likeness (QED) is 0.307. The Labute approximate surface area is 212 Å². The lowest BCUT2D eigenvalue weighted by molar-refractivity contribution is -0.118. The van der Waals surface area contributed by atoms with Gasteiger partial charge in [-0.15, -0.1) is 5.10 Å². The smallest absolute Gasteiger partial charge is 0.239 e. The number of amides is 1. The van der Waals surface area contributed by atoms with Gasteiger partial charge in [-0.25, -0.2) is 0 Å². The molecule has 3 aromatic carbocycles. The van der Waals surface area contributed by atoms with Crippen LogP contribution in [0.25, 0.3) is 0 Å². The van der Waals surface area contributed by atoms with Crippen molar-refractivity contribution in [1.82, 2.24) is 5.32 Å². The number of halogens is 2. The van der Waals surface area contributed by atoms with Crippen LogP contribution in [0.4, 0.5) is 0 Å². The zero-order chi connectivity index (χ0) is 23.9. The SMILES string of the molecule is COc1cc(C=N/N=C2\NC(=O)C(Cc3cc(Cl)ccc3Cl)S2)ccc1OCc1ccccc1. The summed E-state index contributed by atoms with van der Waals surface area (Å²) in [6.07, 6.45) is 2.03. The lowest BCUT2D eigenvalue weighted by Crippen LogP contribution is -2.26. The molecule has 0 bridgehead atoms. The molecular weight excluding hydrogens is 493 g/mol. The van der Waals surface area contributed by atoms with Crippen LogP contribution in [0, 0.1) is 0 Å². The minimum atomic E-state index is -0.356. The Balaban J connectivity index is 1.38. The van der Waals surface area contributed by atoms with E-state index < -0.39 is 0 Å². The standard InChI is InChI=1S/C25H21Cl2N3O3S/c1-32-22-11-17(7-10-21(22)33-15-16-5-3-2-4-6-16)14-28-30-25-29-24(31)23(34-25)13-18-12-19(26)8-9-20(18)27/h2-12,14,23H,13,15H2,1H3,(H,29,30,31). The van der Waals surface area contributed by atoms with Gasteiger partial charge >= 0.3 is 0 Å². The largest absolute Gasteiger partial charge is 0.493 e. The van der Waals surface area contributed by atoms with E-state index >= 15 is 0 Å². The number of amidine groups is 1. The Morgan fingerprint density at radius 1 is 1.06 bits per heavy atom. The molecule has 0 aromatic heterocycles. The maximum absolute atomic E-state index is 12.3. The molecule has 0 saturated carbocycles. The first-order valence-corrected chi connectivity index (χ1v) is 12.0. The topological polar surface area (TPSA) is 72.3 Å². The fraction of sp³-hybridized carbons (Fsp3) is 0.160. The van der Waals surface area contributed by atoms with Gasteiger partial charge in [-0.05, 0) is 59.5 Å². The van der Waals surface area contributed by atoms with Crippen LogP contribution in [0.1, 0.15) is 16.7 Å². The molecule has 1 aliphatic rings. The predicted molar refractivity (Wildman–Crippen MR) is 138 cm³/mol. The van der Waals surface area contributed by atoms with Gasteiger partial charge in [0, 0.05) is 10.0 Å². The minimum absolute atomic E-state index is 0.142. The molecule has 1 amide bonds. The molecule has 0 radical (unpaired) electrons. The van der Waals surface area contributed by atoms with E-state index in [1.807, 2.05) is 48.5 Å². The molecule has 1 unspecified atom stereocenters. The van der Waals surface area contributed by atoms with Crippen molar-refractivity contribution in [2.24, 2.45) is 10.2 Å². The van der Waals surface area contributed by atoms with Gasteiger partial charge in [0.15, 0.2) is 16.7 Å². The first-order chi connectivity index (χ1) is 16.5. The third kappa shape index (κ3) is 6.32. The van der Waals surface area contributed by atoms with Crippen LogP contribution in [-0.4, -0.2) is 29.6 Å². The summed E-state index contributed by atoms with van der Waals surface area (Å²) >= 11 is 13.6. The van der Waals surface area contributed by atoms with Gasteiger partial charge in [0.25, 0.3) is 0 Å². The Kier molecular flexibility index (Phi) is 8.11. The molecule has 9 heteroatoms. The molecule has 4 rings (SSSR count). The molecule has 1 N–H and O–H groups in total.